The van der Waals surface area contributed by atoms with E-state index in [1.807, 2.05) is 24.1 Å². The van der Waals surface area contributed by atoms with Crippen molar-refractivity contribution in [1.29, 1.82) is 0 Å². The van der Waals surface area contributed by atoms with E-state index >= 15 is 0 Å². The Morgan fingerprint density at radius 1 is 1.16 bits per heavy atom. The standard InChI is InChI=1S/C21H22F2N4O4/c1-24-20(28)14-6-4-13(5-7-14)11-27(2)12-18-25-19(26-31-18)15-8-9-16(30-21(22)23)17(10-15)29-3/h4-10,21H,11-12H2,1-3H3,(H,24,28). The molecule has 2 aromatic carbocycles. The fourth-order valence-corrected chi connectivity index (χ4v) is 2.94. The van der Waals surface area contributed by atoms with Gasteiger partial charge in [-0.2, -0.15) is 13.8 Å². The van der Waals surface area contributed by atoms with E-state index < -0.39 is 6.61 Å². The molecule has 0 saturated heterocycles. The van der Waals surface area contributed by atoms with Crippen molar-refractivity contribution in [3.05, 3.63) is 59.5 Å². The fraction of sp³-hybridized carbons (Fsp3) is 0.286. The normalized spacial score (nSPS) is 11.1. The van der Waals surface area contributed by atoms with Gasteiger partial charge in [0.2, 0.25) is 11.7 Å². The molecule has 0 unspecified atom stereocenters. The topological polar surface area (TPSA) is 89.7 Å². The summed E-state index contributed by atoms with van der Waals surface area (Å²) in [5.74, 6) is 0.629. The Balaban J connectivity index is 1.65. The maximum atomic E-state index is 12.5. The summed E-state index contributed by atoms with van der Waals surface area (Å²) in [6, 6.07) is 11.7. The number of rotatable bonds is 9. The van der Waals surface area contributed by atoms with Crippen LogP contribution in [0.15, 0.2) is 47.0 Å². The van der Waals surface area contributed by atoms with E-state index in [4.69, 9.17) is 9.26 Å². The number of carbonyl (C=O) groups excluding carboxylic acids is 1. The average Bonchev–Trinajstić information content (AvgIpc) is 3.21. The minimum absolute atomic E-state index is 0.0767. The monoisotopic (exact) mass is 432 g/mol. The SMILES string of the molecule is CNC(=O)c1ccc(CN(C)Cc2nc(-c3ccc(OC(F)F)c(OC)c3)no2)cc1. The number of benzene rings is 2. The highest BCUT2D eigenvalue weighted by atomic mass is 19.3. The van der Waals surface area contributed by atoms with Gasteiger partial charge in [0, 0.05) is 24.7 Å². The van der Waals surface area contributed by atoms with E-state index in [0.717, 1.165) is 5.56 Å². The third-order valence-electron chi connectivity index (χ3n) is 4.41. The highest BCUT2D eigenvalue weighted by Crippen LogP contribution is 2.32. The summed E-state index contributed by atoms with van der Waals surface area (Å²) in [7, 11) is 4.84. The van der Waals surface area contributed by atoms with Crippen LogP contribution in [0, 0.1) is 0 Å². The number of amides is 1. The third kappa shape index (κ3) is 5.76. The summed E-state index contributed by atoms with van der Waals surface area (Å²) in [5, 5.41) is 6.53. The molecule has 1 heterocycles. The number of hydrogen-bond donors (Lipinski definition) is 1. The summed E-state index contributed by atoms with van der Waals surface area (Å²) in [4.78, 5) is 18.0. The van der Waals surface area contributed by atoms with Crippen LogP contribution in [0.25, 0.3) is 11.4 Å². The molecule has 0 saturated carbocycles. The number of halogens is 2. The number of methoxy groups -OCH3 is 1. The van der Waals surface area contributed by atoms with E-state index in [1.54, 1.807) is 25.2 Å². The van der Waals surface area contributed by atoms with Crippen molar-refractivity contribution in [2.24, 2.45) is 0 Å². The molecule has 0 aliphatic carbocycles. The Morgan fingerprint density at radius 2 is 1.90 bits per heavy atom. The molecule has 0 spiro atoms. The van der Waals surface area contributed by atoms with Crippen molar-refractivity contribution < 1.29 is 27.6 Å². The van der Waals surface area contributed by atoms with Crippen LogP contribution in [-0.2, 0) is 13.1 Å². The van der Waals surface area contributed by atoms with Crippen molar-refractivity contribution in [3.8, 4) is 22.9 Å². The number of hydrogen-bond acceptors (Lipinski definition) is 7. The molecular weight excluding hydrogens is 410 g/mol. The maximum Gasteiger partial charge on any atom is 0.387 e. The number of nitrogens with one attached hydrogen (secondary N) is 1. The van der Waals surface area contributed by atoms with Gasteiger partial charge >= 0.3 is 6.61 Å². The summed E-state index contributed by atoms with van der Waals surface area (Å²) in [6.45, 7) is -1.94. The maximum absolute atomic E-state index is 12.5. The van der Waals surface area contributed by atoms with Crippen LogP contribution in [0.3, 0.4) is 0 Å². The zero-order chi connectivity index (χ0) is 22.4. The smallest absolute Gasteiger partial charge is 0.387 e. The van der Waals surface area contributed by atoms with Gasteiger partial charge in [-0.3, -0.25) is 9.69 Å². The predicted octanol–water partition coefficient (Wildman–Crippen LogP) is 3.34. The lowest BCUT2D eigenvalue weighted by Crippen LogP contribution is -2.19. The fourth-order valence-electron chi connectivity index (χ4n) is 2.94. The zero-order valence-electron chi connectivity index (χ0n) is 17.3. The van der Waals surface area contributed by atoms with Crippen LogP contribution in [0.1, 0.15) is 21.8 Å². The molecule has 1 N–H and O–H groups in total. The molecule has 3 rings (SSSR count). The van der Waals surface area contributed by atoms with Crippen LogP contribution < -0.4 is 14.8 Å². The van der Waals surface area contributed by atoms with Crippen molar-refractivity contribution in [2.45, 2.75) is 19.7 Å². The lowest BCUT2D eigenvalue weighted by Gasteiger charge is -2.14. The number of aromatic nitrogens is 2. The van der Waals surface area contributed by atoms with Gasteiger partial charge in [0.1, 0.15) is 0 Å². The Labute approximate surface area is 177 Å². The number of carbonyl (C=O) groups is 1. The Bertz CT molecular complexity index is 1020. The molecule has 0 bridgehead atoms. The van der Waals surface area contributed by atoms with Crippen LogP contribution in [0.2, 0.25) is 0 Å². The molecule has 1 aromatic heterocycles. The van der Waals surface area contributed by atoms with Gasteiger partial charge in [0.05, 0.1) is 13.7 Å². The van der Waals surface area contributed by atoms with Gasteiger partial charge in [-0.15, -0.1) is 0 Å². The zero-order valence-corrected chi connectivity index (χ0v) is 17.3. The van der Waals surface area contributed by atoms with Crippen molar-refractivity contribution in [3.63, 3.8) is 0 Å². The predicted molar refractivity (Wildman–Crippen MR) is 108 cm³/mol. The summed E-state index contributed by atoms with van der Waals surface area (Å²) in [5.41, 5.74) is 2.16. The molecule has 0 aliphatic heterocycles. The van der Waals surface area contributed by atoms with Gasteiger partial charge in [-0.1, -0.05) is 17.3 Å². The molecule has 164 valence electrons. The largest absolute Gasteiger partial charge is 0.493 e. The molecule has 0 fully saturated rings. The second kappa shape index (κ2) is 9.98. The molecular formula is C21H22F2N4O4. The van der Waals surface area contributed by atoms with E-state index in [1.165, 1.54) is 19.2 Å². The van der Waals surface area contributed by atoms with Gasteiger partial charge in [0.15, 0.2) is 11.5 Å². The Morgan fingerprint density at radius 3 is 2.55 bits per heavy atom. The minimum atomic E-state index is -2.95. The first-order valence-electron chi connectivity index (χ1n) is 9.35. The number of alkyl halides is 2. The van der Waals surface area contributed by atoms with Crippen LogP contribution in [-0.4, -0.2) is 48.8 Å². The summed E-state index contributed by atoms with van der Waals surface area (Å²) in [6.07, 6.45) is 0. The van der Waals surface area contributed by atoms with Crippen molar-refractivity contribution in [1.82, 2.24) is 20.4 Å². The highest BCUT2D eigenvalue weighted by Gasteiger charge is 2.16. The first-order chi connectivity index (χ1) is 14.9. The Kier molecular flexibility index (Phi) is 7.14. The van der Waals surface area contributed by atoms with E-state index in [0.29, 0.717) is 35.9 Å². The molecule has 8 nitrogen and oxygen atoms in total. The molecule has 31 heavy (non-hydrogen) atoms. The number of ether oxygens (including phenoxy) is 2. The van der Waals surface area contributed by atoms with E-state index in [9.17, 15) is 13.6 Å². The highest BCUT2D eigenvalue weighted by molar-refractivity contribution is 5.93. The summed E-state index contributed by atoms with van der Waals surface area (Å²) < 4.78 is 39.8. The van der Waals surface area contributed by atoms with Crippen LogP contribution in [0.4, 0.5) is 8.78 Å². The van der Waals surface area contributed by atoms with Crippen molar-refractivity contribution in [2.75, 3.05) is 21.2 Å². The molecule has 1 amide bonds. The Hall–Kier alpha value is -3.53. The van der Waals surface area contributed by atoms with Gasteiger partial charge in [0.25, 0.3) is 5.91 Å². The van der Waals surface area contributed by atoms with E-state index in [-0.39, 0.29) is 17.4 Å². The second-order valence-electron chi connectivity index (χ2n) is 6.70. The quantitative estimate of drug-likeness (QED) is 0.555. The van der Waals surface area contributed by atoms with E-state index in [2.05, 4.69) is 20.2 Å². The van der Waals surface area contributed by atoms with Crippen molar-refractivity contribution >= 4 is 5.91 Å². The number of nitrogens with zero attached hydrogens (tertiary/aromatic N) is 3. The van der Waals surface area contributed by atoms with Gasteiger partial charge in [-0.25, -0.2) is 0 Å². The molecule has 0 aliphatic rings. The molecule has 0 atom stereocenters. The lowest BCUT2D eigenvalue weighted by atomic mass is 10.1. The minimum Gasteiger partial charge on any atom is -0.493 e. The van der Waals surface area contributed by atoms with Crippen LogP contribution >= 0.6 is 0 Å². The second-order valence-corrected chi connectivity index (χ2v) is 6.70. The molecule has 3 aromatic rings. The lowest BCUT2D eigenvalue weighted by molar-refractivity contribution is -0.0512. The van der Waals surface area contributed by atoms with Crippen LogP contribution in [0.5, 0.6) is 11.5 Å². The van der Waals surface area contributed by atoms with Gasteiger partial charge in [-0.05, 0) is 42.9 Å². The third-order valence-corrected chi connectivity index (χ3v) is 4.41. The molecule has 0 radical (unpaired) electrons. The molecule has 10 heteroatoms. The summed E-state index contributed by atoms with van der Waals surface area (Å²) >= 11 is 0. The first-order valence-corrected chi connectivity index (χ1v) is 9.35. The first kappa shape index (κ1) is 22.2. The average molecular weight is 432 g/mol. The van der Waals surface area contributed by atoms with Gasteiger partial charge < -0.3 is 19.3 Å².